The van der Waals surface area contributed by atoms with Gasteiger partial charge in [-0.05, 0) is 49.5 Å². The summed E-state index contributed by atoms with van der Waals surface area (Å²) in [5.74, 6) is 0.417. The van der Waals surface area contributed by atoms with Crippen LogP contribution in [0.4, 0.5) is 5.69 Å². The third-order valence-corrected chi connectivity index (χ3v) is 5.44. The highest BCUT2D eigenvalue weighted by atomic mass is 32.1. The first-order valence-electron chi connectivity index (χ1n) is 9.96. The van der Waals surface area contributed by atoms with Gasteiger partial charge in [0.05, 0.1) is 28.8 Å². The van der Waals surface area contributed by atoms with Crippen LogP contribution in [0.2, 0.25) is 0 Å². The number of nitro benzene ring substituents is 1. The summed E-state index contributed by atoms with van der Waals surface area (Å²) in [7, 11) is 0. The van der Waals surface area contributed by atoms with Gasteiger partial charge in [-0.3, -0.25) is 19.9 Å². The Morgan fingerprint density at radius 3 is 2.75 bits per heavy atom. The minimum Gasteiger partial charge on any atom is -0.465 e. The number of benzene rings is 1. The second kappa shape index (κ2) is 9.15. The van der Waals surface area contributed by atoms with Gasteiger partial charge in [0, 0.05) is 12.3 Å². The van der Waals surface area contributed by atoms with E-state index >= 15 is 0 Å². The predicted octanol–water partition coefficient (Wildman–Crippen LogP) is 3.79. The van der Waals surface area contributed by atoms with Gasteiger partial charge >= 0.3 is 5.97 Å². The molecule has 2 atom stereocenters. The van der Waals surface area contributed by atoms with Crippen LogP contribution in [0.3, 0.4) is 0 Å². The van der Waals surface area contributed by atoms with Crippen LogP contribution in [-0.2, 0) is 9.53 Å². The minimum absolute atomic E-state index is 0.0573. The molecule has 0 unspecified atom stereocenters. The van der Waals surface area contributed by atoms with Crippen LogP contribution in [0.25, 0.3) is 11.3 Å². The Morgan fingerprint density at radius 2 is 2.03 bits per heavy atom. The number of ether oxygens (including phenoxy) is 1. The molecule has 0 bridgehead atoms. The number of nitrogens with one attached hydrogen (secondary N) is 1. The van der Waals surface area contributed by atoms with E-state index in [0.29, 0.717) is 22.2 Å². The molecule has 1 fully saturated rings. The number of nitrogens with zero attached hydrogens (tertiary/aromatic N) is 3. The molecule has 1 aliphatic heterocycles. The van der Waals surface area contributed by atoms with E-state index in [-0.39, 0.29) is 24.9 Å². The average Bonchev–Trinajstić information content (AvgIpc) is 3.39. The second-order valence-electron chi connectivity index (χ2n) is 7.04. The van der Waals surface area contributed by atoms with Crippen molar-refractivity contribution in [1.82, 2.24) is 15.2 Å². The van der Waals surface area contributed by atoms with Crippen molar-refractivity contribution >= 4 is 29.0 Å². The number of para-hydroxylation sites is 1. The number of hydrogen-bond donors (Lipinski definition) is 1. The third-order valence-electron chi connectivity index (χ3n) is 5.09. The molecule has 32 heavy (non-hydrogen) atoms. The highest BCUT2D eigenvalue weighted by Crippen LogP contribution is 2.41. The Bertz CT molecular complexity index is 1150. The lowest BCUT2D eigenvalue weighted by atomic mass is 10.0. The monoisotopic (exact) mass is 452 g/mol. The van der Waals surface area contributed by atoms with Crippen molar-refractivity contribution in [2.45, 2.75) is 19.0 Å². The maximum Gasteiger partial charge on any atom is 0.325 e. The van der Waals surface area contributed by atoms with Gasteiger partial charge in [0.2, 0.25) is 0 Å². The van der Waals surface area contributed by atoms with Gasteiger partial charge in [0.25, 0.3) is 5.69 Å². The largest absolute Gasteiger partial charge is 0.465 e. The summed E-state index contributed by atoms with van der Waals surface area (Å²) >= 11 is 5.50. The van der Waals surface area contributed by atoms with Gasteiger partial charge < -0.3 is 19.4 Å². The molecule has 3 aromatic rings. The number of hydrogen-bond acceptors (Lipinski definition) is 7. The molecule has 3 heterocycles. The van der Waals surface area contributed by atoms with Gasteiger partial charge in [-0.1, -0.05) is 18.2 Å². The van der Waals surface area contributed by atoms with Crippen LogP contribution in [0.5, 0.6) is 0 Å². The van der Waals surface area contributed by atoms with Gasteiger partial charge in [-0.2, -0.15) is 0 Å². The SMILES string of the molecule is CCOC(=O)CN1C(=S)N[C@H](c2ccccn2)[C@H]1c1ccc(-c2ccccc2[N+](=O)[O-])o1. The zero-order valence-corrected chi connectivity index (χ0v) is 18.0. The van der Waals surface area contributed by atoms with Crippen molar-refractivity contribution in [3.8, 4) is 11.3 Å². The van der Waals surface area contributed by atoms with Crippen molar-refractivity contribution < 1.29 is 18.9 Å². The van der Waals surface area contributed by atoms with Gasteiger partial charge in [0.15, 0.2) is 5.11 Å². The van der Waals surface area contributed by atoms with E-state index in [1.165, 1.54) is 6.07 Å². The fraction of sp³-hybridized carbons (Fsp3) is 0.227. The van der Waals surface area contributed by atoms with Crippen LogP contribution >= 0.6 is 12.2 Å². The fourth-order valence-electron chi connectivity index (χ4n) is 3.73. The number of aromatic nitrogens is 1. The molecule has 0 aliphatic carbocycles. The zero-order chi connectivity index (χ0) is 22.7. The molecule has 1 aromatic carbocycles. The highest BCUT2D eigenvalue weighted by Gasteiger charge is 2.42. The minimum atomic E-state index is -0.502. The molecule has 4 rings (SSSR count). The first-order chi connectivity index (χ1) is 15.5. The molecule has 10 heteroatoms. The molecule has 0 spiro atoms. The van der Waals surface area contributed by atoms with E-state index in [1.807, 2.05) is 18.2 Å². The van der Waals surface area contributed by atoms with E-state index in [9.17, 15) is 14.9 Å². The summed E-state index contributed by atoms with van der Waals surface area (Å²) < 4.78 is 11.2. The molecule has 0 radical (unpaired) electrons. The van der Waals surface area contributed by atoms with E-state index in [1.54, 1.807) is 48.4 Å². The number of esters is 1. The molecule has 1 aliphatic rings. The van der Waals surface area contributed by atoms with Crippen molar-refractivity contribution in [3.63, 3.8) is 0 Å². The van der Waals surface area contributed by atoms with E-state index in [4.69, 9.17) is 21.4 Å². The average molecular weight is 452 g/mol. The van der Waals surface area contributed by atoms with Crippen molar-refractivity contribution in [2.75, 3.05) is 13.2 Å². The Kier molecular flexibility index (Phi) is 6.13. The number of pyridine rings is 1. The molecule has 0 amide bonds. The van der Waals surface area contributed by atoms with Crippen LogP contribution in [0.15, 0.2) is 65.2 Å². The molecule has 1 saturated heterocycles. The van der Waals surface area contributed by atoms with E-state index < -0.39 is 16.9 Å². The maximum absolute atomic E-state index is 12.2. The number of carbonyl (C=O) groups is 1. The summed E-state index contributed by atoms with van der Waals surface area (Å²) in [6.45, 7) is 1.91. The topological polar surface area (TPSA) is 111 Å². The fourth-order valence-corrected chi connectivity index (χ4v) is 4.03. The Balaban J connectivity index is 1.74. The molecule has 2 aromatic heterocycles. The van der Waals surface area contributed by atoms with Gasteiger partial charge in [0.1, 0.15) is 24.1 Å². The molecule has 164 valence electrons. The normalized spacial score (nSPS) is 17.8. The number of furan rings is 1. The summed E-state index contributed by atoms with van der Waals surface area (Å²) in [5, 5.41) is 15.0. The van der Waals surface area contributed by atoms with E-state index in [2.05, 4.69) is 10.3 Å². The lowest BCUT2D eigenvalue weighted by Crippen LogP contribution is -2.35. The smallest absolute Gasteiger partial charge is 0.325 e. The van der Waals surface area contributed by atoms with Crippen LogP contribution < -0.4 is 5.32 Å². The lowest BCUT2D eigenvalue weighted by molar-refractivity contribution is -0.384. The summed E-state index contributed by atoms with van der Waals surface area (Å²) in [5.41, 5.74) is 1.02. The molecule has 9 nitrogen and oxygen atoms in total. The highest BCUT2D eigenvalue weighted by molar-refractivity contribution is 7.80. The number of nitro groups is 1. The van der Waals surface area contributed by atoms with Crippen LogP contribution in [-0.4, -0.2) is 39.0 Å². The van der Waals surface area contributed by atoms with E-state index in [0.717, 1.165) is 5.69 Å². The molecule has 0 saturated carbocycles. The van der Waals surface area contributed by atoms with Crippen molar-refractivity contribution in [1.29, 1.82) is 0 Å². The quantitative estimate of drug-likeness (QED) is 0.248. The van der Waals surface area contributed by atoms with Crippen molar-refractivity contribution in [3.05, 3.63) is 82.4 Å². The molecular formula is C22H20N4O5S. The Labute approximate surface area is 189 Å². The zero-order valence-electron chi connectivity index (χ0n) is 17.1. The van der Waals surface area contributed by atoms with Gasteiger partial charge in [-0.15, -0.1) is 0 Å². The van der Waals surface area contributed by atoms with Gasteiger partial charge in [-0.25, -0.2) is 0 Å². The van der Waals surface area contributed by atoms with Crippen LogP contribution in [0.1, 0.15) is 30.5 Å². The first kappa shape index (κ1) is 21.4. The lowest BCUT2D eigenvalue weighted by Gasteiger charge is -2.25. The predicted molar refractivity (Wildman–Crippen MR) is 120 cm³/mol. The molecule has 1 N–H and O–H groups in total. The summed E-state index contributed by atoms with van der Waals surface area (Å²) in [4.78, 5) is 29.3. The standard InChI is InChI=1S/C22H20N4O5S/c1-2-30-19(27)13-25-21(20(24-22(25)32)15-8-5-6-12-23-15)18-11-10-17(31-18)14-7-3-4-9-16(14)26(28)29/h3-12,20-21H,2,13H2,1H3,(H,24,32)/t20-,21-/m1/s1. The molecular weight excluding hydrogens is 432 g/mol. The maximum atomic E-state index is 12.2. The number of rotatable bonds is 7. The first-order valence-corrected chi connectivity index (χ1v) is 10.4. The van der Waals surface area contributed by atoms with Crippen LogP contribution in [0, 0.1) is 10.1 Å². The Hall–Kier alpha value is -3.79. The summed E-state index contributed by atoms with van der Waals surface area (Å²) in [6, 6.07) is 14.4. The number of thiocarbonyl (C=S) groups is 1. The van der Waals surface area contributed by atoms with Crippen molar-refractivity contribution in [2.24, 2.45) is 0 Å². The second-order valence-corrected chi connectivity index (χ2v) is 7.42. The Morgan fingerprint density at radius 1 is 1.25 bits per heavy atom. The summed E-state index contributed by atoms with van der Waals surface area (Å²) in [6.07, 6.45) is 1.67. The number of carbonyl (C=O) groups excluding carboxylic acids is 1. The third kappa shape index (κ3) is 4.17.